The molecule has 2 aromatic carbocycles. The summed E-state index contributed by atoms with van der Waals surface area (Å²) in [5.41, 5.74) is 0.453. The van der Waals surface area contributed by atoms with E-state index < -0.39 is 34.5 Å². The Morgan fingerprint density at radius 2 is 1.80 bits per heavy atom. The standard InChI is InChI=1S/C24H19ClN4O5S/c25-18-7-9-19(10-8-18)35(32,33)28-11-3-4-16(14-28)24(31)34-15-29-21-6-2-1-5-20(21)22(23(29)30)17(12-26)13-27/h1-2,5-10,16H,3-4,11,14-15H2. The number of benzene rings is 2. The summed E-state index contributed by atoms with van der Waals surface area (Å²) in [6.07, 6.45) is 0.910. The molecule has 2 heterocycles. The summed E-state index contributed by atoms with van der Waals surface area (Å²) in [5, 5.41) is 18.9. The molecule has 0 aliphatic carbocycles. The number of allylic oxidation sites excluding steroid dienone is 1. The fourth-order valence-corrected chi connectivity index (χ4v) is 5.79. The highest BCUT2D eigenvalue weighted by molar-refractivity contribution is 7.89. The van der Waals surface area contributed by atoms with Crippen molar-refractivity contribution < 1.29 is 22.7 Å². The van der Waals surface area contributed by atoms with Crippen molar-refractivity contribution in [3.8, 4) is 12.1 Å². The number of nitrogens with zero attached hydrogens (tertiary/aromatic N) is 4. The van der Waals surface area contributed by atoms with E-state index in [1.165, 1.54) is 33.5 Å². The molecule has 2 aliphatic heterocycles. The Balaban J connectivity index is 1.48. The molecule has 0 bridgehead atoms. The number of amides is 1. The molecule has 2 aliphatic rings. The second-order valence-electron chi connectivity index (χ2n) is 7.97. The first kappa shape index (κ1) is 24.4. The minimum atomic E-state index is -3.81. The van der Waals surface area contributed by atoms with Crippen molar-refractivity contribution in [2.45, 2.75) is 17.7 Å². The van der Waals surface area contributed by atoms with Crippen LogP contribution in [0.3, 0.4) is 0 Å². The van der Waals surface area contributed by atoms with E-state index in [9.17, 15) is 28.5 Å². The smallest absolute Gasteiger partial charge is 0.312 e. The first-order chi connectivity index (χ1) is 16.8. The molecule has 0 radical (unpaired) electrons. The third kappa shape index (κ3) is 4.64. The van der Waals surface area contributed by atoms with Crippen molar-refractivity contribution in [2.24, 2.45) is 5.92 Å². The highest BCUT2D eigenvalue weighted by Gasteiger charge is 2.37. The molecule has 1 amide bonds. The summed E-state index contributed by atoms with van der Waals surface area (Å²) in [6, 6.07) is 15.9. The van der Waals surface area contributed by atoms with E-state index in [1.54, 1.807) is 36.4 Å². The summed E-state index contributed by atoms with van der Waals surface area (Å²) in [4.78, 5) is 27.1. The van der Waals surface area contributed by atoms with Crippen molar-refractivity contribution in [3.05, 3.63) is 64.7 Å². The summed E-state index contributed by atoms with van der Waals surface area (Å²) in [6.45, 7) is -0.207. The highest BCUT2D eigenvalue weighted by atomic mass is 35.5. The number of ether oxygens (including phenoxy) is 1. The zero-order valence-electron chi connectivity index (χ0n) is 18.3. The lowest BCUT2D eigenvalue weighted by molar-refractivity contribution is -0.149. The lowest BCUT2D eigenvalue weighted by atomic mass is 10.0. The van der Waals surface area contributed by atoms with Gasteiger partial charge in [-0.1, -0.05) is 29.8 Å². The number of carbonyl (C=O) groups is 2. The van der Waals surface area contributed by atoms with Gasteiger partial charge in [0.2, 0.25) is 10.0 Å². The normalized spacial score (nSPS) is 17.9. The van der Waals surface area contributed by atoms with Crippen LogP contribution < -0.4 is 4.90 Å². The average molecular weight is 511 g/mol. The molecular weight excluding hydrogens is 492 g/mol. The molecule has 178 valence electrons. The quantitative estimate of drug-likeness (QED) is 0.343. The molecule has 0 saturated carbocycles. The van der Waals surface area contributed by atoms with Crippen LogP contribution in [0.15, 0.2) is 59.0 Å². The Labute approximate surface area is 207 Å². The first-order valence-electron chi connectivity index (χ1n) is 10.7. The Morgan fingerprint density at radius 3 is 2.49 bits per heavy atom. The number of carbonyl (C=O) groups excluding carboxylic acids is 2. The summed E-state index contributed by atoms with van der Waals surface area (Å²) in [5.74, 6) is -1.96. The Kier molecular flexibility index (Phi) is 6.90. The van der Waals surface area contributed by atoms with Gasteiger partial charge in [0.15, 0.2) is 6.73 Å². The molecule has 0 N–H and O–H groups in total. The average Bonchev–Trinajstić information content (AvgIpc) is 3.15. The Morgan fingerprint density at radius 1 is 1.11 bits per heavy atom. The van der Waals surface area contributed by atoms with E-state index in [-0.39, 0.29) is 29.1 Å². The van der Waals surface area contributed by atoms with Crippen molar-refractivity contribution in [2.75, 3.05) is 24.7 Å². The van der Waals surface area contributed by atoms with Crippen LogP contribution in [0.4, 0.5) is 5.69 Å². The van der Waals surface area contributed by atoms with Gasteiger partial charge in [0.25, 0.3) is 5.91 Å². The number of para-hydroxylation sites is 1. The zero-order chi connectivity index (χ0) is 25.2. The monoisotopic (exact) mass is 510 g/mol. The van der Waals surface area contributed by atoms with Gasteiger partial charge in [0, 0.05) is 23.7 Å². The molecule has 0 spiro atoms. The minimum absolute atomic E-state index is 0.0421. The predicted molar refractivity (Wildman–Crippen MR) is 126 cm³/mol. The molecule has 2 aromatic rings. The van der Waals surface area contributed by atoms with Gasteiger partial charge in [-0.3, -0.25) is 14.5 Å². The van der Waals surface area contributed by atoms with Crippen molar-refractivity contribution in [3.63, 3.8) is 0 Å². The lowest BCUT2D eigenvalue weighted by Crippen LogP contribution is -2.43. The van der Waals surface area contributed by atoms with Crippen LogP contribution in [0.25, 0.3) is 5.57 Å². The SMILES string of the molecule is N#CC(C#N)=C1C(=O)N(COC(=O)C2CCCN(S(=O)(=O)c3ccc(Cl)cc3)C2)c2ccccc21. The van der Waals surface area contributed by atoms with E-state index in [0.717, 1.165) is 0 Å². The van der Waals surface area contributed by atoms with E-state index in [1.807, 2.05) is 0 Å². The van der Waals surface area contributed by atoms with Gasteiger partial charge in [-0.15, -0.1) is 0 Å². The molecule has 1 fully saturated rings. The number of rotatable bonds is 5. The molecule has 11 heteroatoms. The molecule has 4 rings (SSSR count). The van der Waals surface area contributed by atoms with E-state index in [2.05, 4.69) is 0 Å². The number of halogens is 1. The van der Waals surface area contributed by atoms with Crippen LogP contribution in [0.2, 0.25) is 5.02 Å². The number of sulfonamides is 1. The van der Waals surface area contributed by atoms with Crippen LogP contribution in [-0.4, -0.2) is 44.4 Å². The van der Waals surface area contributed by atoms with Crippen molar-refractivity contribution in [1.82, 2.24) is 4.31 Å². The van der Waals surface area contributed by atoms with Gasteiger partial charge >= 0.3 is 5.97 Å². The summed E-state index contributed by atoms with van der Waals surface area (Å²) < 4.78 is 32.6. The number of esters is 1. The molecular formula is C24H19ClN4O5S. The lowest BCUT2D eigenvalue weighted by Gasteiger charge is -2.31. The van der Waals surface area contributed by atoms with Crippen LogP contribution in [0.1, 0.15) is 18.4 Å². The minimum Gasteiger partial charge on any atom is -0.444 e. The number of fused-ring (bicyclic) bond motifs is 1. The summed E-state index contributed by atoms with van der Waals surface area (Å²) in [7, 11) is -3.81. The predicted octanol–water partition coefficient (Wildman–Crippen LogP) is 3.09. The largest absolute Gasteiger partial charge is 0.444 e. The van der Waals surface area contributed by atoms with Crippen LogP contribution in [0, 0.1) is 28.6 Å². The maximum atomic E-state index is 13.0. The maximum Gasteiger partial charge on any atom is 0.312 e. The number of hydrogen-bond donors (Lipinski definition) is 0. The maximum absolute atomic E-state index is 13.0. The van der Waals surface area contributed by atoms with Crippen molar-refractivity contribution >= 4 is 44.8 Å². The number of piperidine rings is 1. The highest BCUT2D eigenvalue weighted by Crippen LogP contribution is 2.38. The van der Waals surface area contributed by atoms with Gasteiger partial charge in [-0.05, 0) is 43.2 Å². The number of anilines is 1. The summed E-state index contributed by atoms with van der Waals surface area (Å²) >= 11 is 5.85. The topological polar surface area (TPSA) is 132 Å². The van der Waals surface area contributed by atoms with Gasteiger partial charge in [-0.25, -0.2) is 8.42 Å². The fraction of sp³-hybridized carbons (Fsp3) is 0.250. The molecule has 1 saturated heterocycles. The van der Waals surface area contributed by atoms with E-state index >= 15 is 0 Å². The number of nitriles is 2. The number of hydrogen-bond acceptors (Lipinski definition) is 7. The molecule has 0 aromatic heterocycles. The second-order valence-corrected chi connectivity index (χ2v) is 10.3. The third-order valence-electron chi connectivity index (χ3n) is 5.90. The second kappa shape index (κ2) is 9.88. The Bertz CT molecular complexity index is 1390. The van der Waals surface area contributed by atoms with E-state index in [4.69, 9.17) is 16.3 Å². The third-order valence-corrected chi connectivity index (χ3v) is 8.03. The molecule has 1 unspecified atom stereocenters. The Hall–Kier alpha value is -3.70. The van der Waals surface area contributed by atoms with Crippen LogP contribution in [-0.2, 0) is 24.3 Å². The zero-order valence-corrected chi connectivity index (χ0v) is 19.9. The van der Waals surface area contributed by atoms with Crippen LogP contribution >= 0.6 is 11.6 Å². The van der Waals surface area contributed by atoms with E-state index in [0.29, 0.717) is 29.1 Å². The molecule has 35 heavy (non-hydrogen) atoms. The van der Waals surface area contributed by atoms with Gasteiger partial charge in [0.05, 0.1) is 22.1 Å². The van der Waals surface area contributed by atoms with Gasteiger partial charge in [0.1, 0.15) is 17.7 Å². The first-order valence-corrected chi connectivity index (χ1v) is 12.5. The van der Waals surface area contributed by atoms with Crippen LogP contribution in [0.5, 0.6) is 0 Å². The van der Waals surface area contributed by atoms with Crippen molar-refractivity contribution in [1.29, 1.82) is 10.5 Å². The molecule has 9 nitrogen and oxygen atoms in total. The molecule has 1 atom stereocenters. The fourth-order valence-electron chi connectivity index (χ4n) is 4.14. The van der Waals surface area contributed by atoms with Gasteiger partial charge in [-0.2, -0.15) is 14.8 Å². The van der Waals surface area contributed by atoms with Gasteiger partial charge < -0.3 is 4.74 Å².